The summed E-state index contributed by atoms with van der Waals surface area (Å²) in [7, 11) is 0. The van der Waals surface area contributed by atoms with E-state index < -0.39 is 17.6 Å². The van der Waals surface area contributed by atoms with Crippen molar-refractivity contribution in [1.29, 1.82) is 5.26 Å². The smallest absolute Gasteiger partial charge is 0.416 e. The molecule has 0 atom stereocenters. The van der Waals surface area contributed by atoms with E-state index in [1.54, 1.807) is 0 Å². The highest BCUT2D eigenvalue weighted by molar-refractivity contribution is 6.34. The summed E-state index contributed by atoms with van der Waals surface area (Å²) in [5.74, 6) is 0.440. The molecule has 1 aliphatic heterocycles. The van der Waals surface area contributed by atoms with Crippen LogP contribution in [0.2, 0.25) is 0 Å². The van der Waals surface area contributed by atoms with Gasteiger partial charge < -0.3 is 9.73 Å². The molecule has 4 nitrogen and oxygen atoms in total. The number of benzene rings is 1. The van der Waals surface area contributed by atoms with Crippen molar-refractivity contribution in [3.05, 3.63) is 52.0 Å². The Labute approximate surface area is 146 Å². The van der Waals surface area contributed by atoms with Gasteiger partial charge in [-0.2, -0.15) is 18.4 Å². The predicted molar refractivity (Wildman–Crippen MR) is 88.0 cm³/mol. The van der Waals surface area contributed by atoms with Crippen LogP contribution in [0.1, 0.15) is 46.6 Å². The molecule has 1 aromatic carbocycles. The molecule has 0 spiro atoms. The van der Waals surface area contributed by atoms with Crippen molar-refractivity contribution in [2.24, 2.45) is 0 Å². The molecule has 2 heterocycles. The SMILES string of the molecule is N#Cc1c(C=C2C(=O)Nc3ccc(C(F)(F)F)cc32)oc2c1CCCC2. The van der Waals surface area contributed by atoms with Crippen LogP contribution in [0.15, 0.2) is 22.6 Å². The first-order valence-electron chi connectivity index (χ1n) is 8.18. The van der Waals surface area contributed by atoms with Crippen molar-refractivity contribution in [2.45, 2.75) is 31.9 Å². The van der Waals surface area contributed by atoms with Gasteiger partial charge in [0.15, 0.2) is 0 Å². The molecule has 2 aromatic rings. The van der Waals surface area contributed by atoms with E-state index in [0.717, 1.165) is 42.7 Å². The van der Waals surface area contributed by atoms with E-state index in [2.05, 4.69) is 11.4 Å². The number of nitrogens with one attached hydrogen (secondary N) is 1. The lowest BCUT2D eigenvalue weighted by Crippen LogP contribution is -2.04. The van der Waals surface area contributed by atoms with Crippen LogP contribution in [-0.4, -0.2) is 5.91 Å². The average Bonchev–Trinajstić information content (AvgIpc) is 3.11. The van der Waals surface area contributed by atoms with E-state index >= 15 is 0 Å². The lowest BCUT2D eigenvalue weighted by atomic mass is 9.94. The number of fused-ring (bicyclic) bond motifs is 2. The number of furan rings is 1. The minimum Gasteiger partial charge on any atom is -0.460 e. The van der Waals surface area contributed by atoms with Gasteiger partial charge in [-0.25, -0.2) is 0 Å². The minimum absolute atomic E-state index is 0.0636. The number of aryl methyl sites for hydroxylation is 1. The molecule has 0 bridgehead atoms. The number of hydrogen-bond donors (Lipinski definition) is 1. The Morgan fingerprint density at radius 1 is 1.23 bits per heavy atom. The highest BCUT2D eigenvalue weighted by atomic mass is 19.4. The summed E-state index contributed by atoms with van der Waals surface area (Å²) in [6.45, 7) is 0. The van der Waals surface area contributed by atoms with Gasteiger partial charge in [-0.3, -0.25) is 4.79 Å². The summed E-state index contributed by atoms with van der Waals surface area (Å²) in [6, 6.07) is 5.20. The Bertz CT molecular complexity index is 993. The van der Waals surface area contributed by atoms with Crippen LogP contribution in [0.4, 0.5) is 18.9 Å². The molecule has 2 aliphatic rings. The van der Waals surface area contributed by atoms with Gasteiger partial charge in [0.2, 0.25) is 0 Å². The van der Waals surface area contributed by atoms with Gasteiger partial charge in [0.1, 0.15) is 23.2 Å². The molecule has 1 N–H and O–H groups in total. The van der Waals surface area contributed by atoms with E-state index in [9.17, 15) is 23.2 Å². The standard InChI is InChI=1S/C19H13F3N2O2/c20-19(21,22)10-5-6-15-12(7-10)13(18(25)24-15)8-17-14(9-23)11-3-1-2-4-16(11)26-17/h5-8H,1-4H2,(H,24,25). The number of halogens is 3. The zero-order chi connectivity index (χ0) is 18.5. The molecular weight excluding hydrogens is 345 g/mol. The number of nitrogens with zero attached hydrogens (tertiary/aromatic N) is 1. The van der Waals surface area contributed by atoms with Crippen LogP contribution >= 0.6 is 0 Å². The fraction of sp³-hybridized carbons (Fsp3) is 0.263. The van der Waals surface area contributed by atoms with E-state index in [4.69, 9.17) is 4.42 Å². The fourth-order valence-corrected chi connectivity index (χ4v) is 3.45. The third-order valence-corrected chi connectivity index (χ3v) is 4.72. The summed E-state index contributed by atoms with van der Waals surface area (Å²) in [5, 5.41) is 12.0. The predicted octanol–water partition coefficient (Wildman–Crippen LogP) is 4.54. The number of carbonyl (C=O) groups excluding carboxylic acids is 1. The van der Waals surface area contributed by atoms with Crippen LogP contribution in [-0.2, 0) is 23.8 Å². The van der Waals surface area contributed by atoms with Crippen LogP contribution in [0.3, 0.4) is 0 Å². The van der Waals surface area contributed by atoms with E-state index in [-0.39, 0.29) is 16.9 Å². The molecule has 132 valence electrons. The van der Waals surface area contributed by atoms with E-state index in [1.165, 1.54) is 12.1 Å². The van der Waals surface area contributed by atoms with Gasteiger partial charge in [-0.05, 0) is 43.5 Å². The highest BCUT2D eigenvalue weighted by Gasteiger charge is 2.34. The first-order valence-corrected chi connectivity index (χ1v) is 8.18. The number of amides is 1. The summed E-state index contributed by atoms with van der Waals surface area (Å²) in [6.07, 6.45) is 0.223. The summed E-state index contributed by atoms with van der Waals surface area (Å²) in [5.41, 5.74) is 0.896. The molecule has 1 aromatic heterocycles. The molecule has 0 radical (unpaired) electrons. The Morgan fingerprint density at radius 2 is 2.00 bits per heavy atom. The molecule has 0 saturated carbocycles. The van der Waals surface area contributed by atoms with Crippen molar-refractivity contribution in [3.8, 4) is 6.07 Å². The third-order valence-electron chi connectivity index (χ3n) is 4.72. The Hall–Kier alpha value is -3.01. The average molecular weight is 358 g/mol. The van der Waals surface area contributed by atoms with Gasteiger partial charge >= 0.3 is 6.18 Å². The Morgan fingerprint density at radius 3 is 2.73 bits per heavy atom. The molecule has 1 aliphatic carbocycles. The minimum atomic E-state index is -4.51. The first kappa shape index (κ1) is 16.5. The van der Waals surface area contributed by atoms with Crippen LogP contribution < -0.4 is 5.32 Å². The largest absolute Gasteiger partial charge is 0.460 e. The maximum absolute atomic E-state index is 13.0. The maximum Gasteiger partial charge on any atom is 0.416 e. The lowest BCUT2D eigenvalue weighted by Gasteiger charge is -2.08. The molecule has 0 unspecified atom stereocenters. The maximum atomic E-state index is 13.0. The van der Waals surface area contributed by atoms with Crippen LogP contribution in [0.5, 0.6) is 0 Å². The van der Waals surface area contributed by atoms with Gasteiger partial charge in [-0.1, -0.05) is 0 Å². The molecule has 0 fully saturated rings. The molecule has 4 rings (SSSR count). The second-order valence-electron chi connectivity index (χ2n) is 6.33. The third kappa shape index (κ3) is 2.58. The molecule has 26 heavy (non-hydrogen) atoms. The fourth-order valence-electron chi connectivity index (χ4n) is 3.45. The number of hydrogen-bond acceptors (Lipinski definition) is 3. The molecule has 0 saturated heterocycles. The van der Waals surface area contributed by atoms with Gasteiger partial charge in [0, 0.05) is 23.2 Å². The van der Waals surface area contributed by atoms with Crippen molar-refractivity contribution < 1.29 is 22.4 Å². The number of alkyl halides is 3. The van der Waals surface area contributed by atoms with Gasteiger partial charge in [-0.15, -0.1) is 0 Å². The van der Waals surface area contributed by atoms with Crippen molar-refractivity contribution in [3.63, 3.8) is 0 Å². The van der Waals surface area contributed by atoms with E-state index in [0.29, 0.717) is 17.7 Å². The van der Waals surface area contributed by atoms with Crippen molar-refractivity contribution >= 4 is 23.2 Å². The summed E-state index contributed by atoms with van der Waals surface area (Å²) in [4.78, 5) is 12.3. The Balaban J connectivity index is 1.84. The number of nitriles is 1. The molecule has 7 heteroatoms. The first-order chi connectivity index (χ1) is 12.4. The summed E-state index contributed by atoms with van der Waals surface area (Å²) >= 11 is 0. The number of rotatable bonds is 1. The molecular formula is C19H13F3N2O2. The van der Waals surface area contributed by atoms with Crippen LogP contribution in [0.25, 0.3) is 11.6 Å². The zero-order valence-electron chi connectivity index (χ0n) is 13.5. The quantitative estimate of drug-likeness (QED) is 0.761. The number of anilines is 1. The second-order valence-corrected chi connectivity index (χ2v) is 6.33. The number of carbonyl (C=O) groups is 1. The van der Waals surface area contributed by atoms with Crippen LogP contribution in [0, 0.1) is 11.3 Å². The summed E-state index contributed by atoms with van der Waals surface area (Å²) < 4.78 is 44.7. The van der Waals surface area contributed by atoms with Crippen molar-refractivity contribution in [2.75, 3.05) is 5.32 Å². The molecule has 1 amide bonds. The second kappa shape index (κ2) is 5.77. The normalized spacial score (nSPS) is 17.6. The van der Waals surface area contributed by atoms with E-state index in [1.807, 2.05) is 0 Å². The lowest BCUT2D eigenvalue weighted by molar-refractivity contribution is -0.137. The van der Waals surface area contributed by atoms with Gasteiger partial charge in [0.05, 0.1) is 11.1 Å². The van der Waals surface area contributed by atoms with Crippen molar-refractivity contribution in [1.82, 2.24) is 0 Å². The van der Waals surface area contributed by atoms with Gasteiger partial charge in [0.25, 0.3) is 5.91 Å². The highest BCUT2D eigenvalue weighted by Crippen LogP contribution is 2.39. The monoisotopic (exact) mass is 358 g/mol. The zero-order valence-corrected chi connectivity index (χ0v) is 13.5. The Kier molecular flexibility index (Phi) is 3.65. The topological polar surface area (TPSA) is 66.0 Å².